The molecule has 0 bridgehead atoms. The maximum Gasteiger partial charge on any atom is 0.317 e. The van der Waals surface area contributed by atoms with Crippen molar-refractivity contribution < 1.29 is 65.4 Å². The first kappa shape index (κ1) is 56.2. The predicted molar refractivity (Wildman–Crippen MR) is 248 cm³/mol. The molecular weight excluding hydrogens is 841 g/mol. The van der Waals surface area contributed by atoms with Gasteiger partial charge in [-0.05, 0) is 91.2 Å². The molecule has 4 aromatic rings. The van der Waals surface area contributed by atoms with Crippen molar-refractivity contribution in [1.29, 1.82) is 0 Å². The summed E-state index contributed by atoms with van der Waals surface area (Å²) in [5.74, 6) is -1.67. The van der Waals surface area contributed by atoms with Crippen LogP contribution in [-0.4, -0.2) is 142 Å². The van der Waals surface area contributed by atoms with Crippen molar-refractivity contribution in [1.82, 2.24) is 19.6 Å². The monoisotopic (exact) mass is 906 g/mol. The van der Waals surface area contributed by atoms with Crippen molar-refractivity contribution in [2.75, 3.05) is 53.9 Å². The number of carboxylic acids is 2. The van der Waals surface area contributed by atoms with Crippen molar-refractivity contribution in [2.24, 2.45) is 0 Å². The summed E-state index contributed by atoms with van der Waals surface area (Å²) >= 11 is 0. The van der Waals surface area contributed by atoms with Crippen molar-refractivity contribution >= 4 is 17.7 Å². The molecule has 10 N–H and O–H groups in total. The fraction of sp³-hybridized carbons (Fsp3) is 0.354. The smallest absolute Gasteiger partial charge is 0.317 e. The van der Waals surface area contributed by atoms with Crippen LogP contribution in [0.3, 0.4) is 0 Å². The van der Waals surface area contributed by atoms with Gasteiger partial charge in [-0.15, -0.1) is 0 Å². The van der Waals surface area contributed by atoms with Gasteiger partial charge in [0.25, 0.3) is 0 Å². The predicted octanol–water partition coefficient (Wildman–Crippen LogP) is 6.21. The molecule has 4 rings (SSSR count). The van der Waals surface area contributed by atoms with Crippen molar-refractivity contribution in [3.05, 3.63) is 130 Å². The van der Waals surface area contributed by atoms with Gasteiger partial charge in [0.1, 0.15) is 28.8 Å². The van der Waals surface area contributed by atoms with Gasteiger partial charge in [0.2, 0.25) is 0 Å². The number of carbonyl (C=O) groups is 3. The molecule has 0 aliphatic carbocycles. The highest BCUT2D eigenvalue weighted by molar-refractivity contribution is 5.77. The Kier molecular flexibility index (Phi) is 23.7. The first-order valence-electron chi connectivity index (χ1n) is 20.2. The molecule has 17 nitrogen and oxygen atoms in total. The van der Waals surface area contributed by atoms with E-state index in [1.807, 2.05) is 57.0 Å². The zero-order chi connectivity index (χ0) is 49.7. The highest BCUT2D eigenvalue weighted by Gasteiger charge is 2.17. The molecule has 0 atom stereocenters. The van der Waals surface area contributed by atoms with Gasteiger partial charge in [-0.1, -0.05) is 60.7 Å². The molecule has 356 valence electrons. The molecule has 0 aliphatic heterocycles. The highest BCUT2D eigenvalue weighted by Crippen LogP contribution is 2.31. The number of rotatable bonds is 18. The number of phenolic OH excluding ortho intramolecular Hbond substituents is 6. The second kappa shape index (κ2) is 27.4. The second-order valence-corrected chi connectivity index (χ2v) is 16.1. The van der Waals surface area contributed by atoms with Gasteiger partial charge >= 0.3 is 11.9 Å². The van der Waals surface area contributed by atoms with Gasteiger partial charge in [-0.3, -0.25) is 34.0 Å². The van der Waals surface area contributed by atoms with Crippen LogP contribution < -0.4 is 0 Å². The summed E-state index contributed by atoms with van der Waals surface area (Å²) in [6, 6.07) is 16.8. The minimum Gasteiger partial charge on any atom is -0.512 e. The number of aromatic hydroxyl groups is 6. The molecule has 0 aromatic heterocycles. The number of aliphatic carboxylic acids is 2. The minimum atomic E-state index is -0.906. The molecular formula is C48H66N4O13. The zero-order valence-electron chi connectivity index (χ0n) is 38.5. The second-order valence-electron chi connectivity index (χ2n) is 16.1. The normalized spacial score (nSPS) is 10.6. The molecule has 0 unspecified atom stereocenters. The first-order chi connectivity index (χ1) is 30.2. The van der Waals surface area contributed by atoms with E-state index in [4.69, 9.17) is 20.4 Å². The molecule has 0 saturated carbocycles. The Hall–Kier alpha value is -6.79. The molecule has 65 heavy (non-hydrogen) atoms. The number of phenols is 6. The number of ketones is 1. The Bertz CT molecular complexity index is 2180. The van der Waals surface area contributed by atoms with Gasteiger partial charge in [0.05, 0.1) is 44.2 Å². The van der Waals surface area contributed by atoms with Gasteiger partial charge in [0, 0.05) is 48.4 Å². The zero-order valence-corrected chi connectivity index (χ0v) is 38.5. The number of carboxylic acid groups (broad SMARTS) is 2. The lowest BCUT2D eigenvalue weighted by Gasteiger charge is -2.21. The van der Waals surface area contributed by atoms with Crippen molar-refractivity contribution in [2.45, 2.75) is 60.8 Å². The number of nitrogens with zero attached hydrogens (tertiary/aromatic N) is 4. The summed E-state index contributed by atoms with van der Waals surface area (Å²) in [5, 5.41) is 93.1. The summed E-state index contributed by atoms with van der Waals surface area (Å²) in [5.41, 5.74) is 6.12. The van der Waals surface area contributed by atoms with Crippen LogP contribution in [0.15, 0.2) is 85.3 Å². The Morgan fingerprint density at radius 1 is 0.477 bits per heavy atom. The number of hydrogen-bond acceptors (Lipinski definition) is 15. The van der Waals surface area contributed by atoms with E-state index in [9.17, 15) is 45.0 Å². The molecule has 17 heteroatoms. The number of Topliss-reactive ketones (excluding diaryl/α,β-unsaturated/α-hetero) is 1. The highest BCUT2D eigenvalue weighted by atomic mass is 16.4. The molecule has 0 saturated heterocycles. The van der Waals surface area contributed by atoms with E-state index in [2.05, 4.69) is 13.2 Å². The summed E-state index contributed by atoms with van der Waals surface area (Å²) in [7, 11) is 5.22. The lowest BCUT2D eigenvalue weighted by molar-refractivity contribution is -0.139. The van der Waals surface area contributed by atoms with Crippen LogP contribution in [0.4, 0.5) is 0 Å². The topological polar surface area (TPSA) is 266 Å². The number of aliphatic hydroxyl groups excluding tert-OH is 2. The van der Waals surface area contributed by atoms with Crippen LogP contribution in [0.5, 0.6) is 34.5 Å². The van der Waals surface area contributed by atoms with Gasteiger partial charge in [0.15, 0.2) is 11.5 Å². The number of benzene rings is 4. The average Bonchev–Trinajstić information content (AvgIpc) is 3.16. The van der Waals surface area contributed by atoms with Crippen molar-refractivity contribution in [3.63, 3.8) is 0 Å². The van der Waals surface area contributed by atoms with E-state index >= 15 is 0 Å². The molecule has 0 amide bonds. The van der Waals surface area contributed by atoms with Crippen LogP contribution in [0, 0.1) is 27.7 Å². The van der Waals surface area contributed by atoms with E-state index in [0.29, 0.717) is 42.9 Å². The van der Waals surface area contributed by atoms with Gasteiger partial charge < -0.3 is 51.1 Å². The summed E-state index contributed by atoms with van der Waals surface area (Å²) < 4.78 is 0. The molecule has 0 heterocycles. The number of aryl methyl sites for hydroxylation is 4. The molecule has 0 radical (unpaired) electrons. The summed E-state index contributed by atoms with van der Waals surface area (Å²) in [6.45, 7) is 17.5. The van der Waals surface area contributed by atoms with Crippen LogP contribution in [0.25, 0.3) is 0 Å². The third-order valence-electron chi connectivity index (χ3n) is 9.06. The van der Waals surface area contributed by atoms with E-state index in [-0.39, 0.29) is 84.5 Å². The fourth-order valence-electron chi connectivity index (χ4n) is 6.33. The average molecular weight is 907 g/mol. The number of hydrogen-bond donors (Lipinski definition) is 10. The van der Waals surface area contributed by atoms with Crippen LogP contribution in [0.1, 0.15) is 51.4 Å². The van der Waals surface area contributed by atoms with E-state index in [1.54, 1.807) is 53.9 Å². The molecule has 4 aromatic carbocycles. The maximum absolute atomic E-state index is 11.2. The van der Waals surface area contributed by atoms with Crippen LogP contribution >= 0.6 is 0 Å². The van der Waals surface area contributed by atoms with Crippen LogP contribution in [-0.2, 0) is 40.6 Å². The molecule has 0 aliphatic rings. The Morgan fingerprint density at radius 2 is 0.908 bits per heavy atom. The SMILES string of the molecule is C=C(O)CN(C)Cc1cc(C)cc(CN(C)CC(=O)O)c1O.C=C(O)CN(CC(C)=O)Cc1c(O)ccc(C)c1O.Cc1ccc(O)c(CN(C)CC(=O)O)c1.Cc1ccc(O)c(O)c1. The maximum atomic E-state index is 11.2. The minimum absolute atomic E-state index is 0.00268. The molecule has 0 fully saturated rings. The third kappa shape index (κ3) is 22.4. The molecule has 0 spiro atoms. The van der Waals surface area contributed by atoms with Gasteiger partial charge in [-0.2, -0.15) is 0 Å². The van der Waals surface area contributed by atoms with Crippen LogP contribution in [0.2, 0.25) is 0 Å². The van der Waals surface area contributed by atoms with Gasteiger partial charge in [-0.25, -0.2) is 0 Å². The van der Waals surface area contributed by atoms with Crippen molar-refractivity contribution in [3.8, 4) is 34.5 Å². The fourth-order valence-corrected chi connectivity index (χ4v) is 6.33. The standard InChI is InChI=1S/C16H24N2O4.C14H19NO4.C11H15NO3.C7H8O2/c1-11-5-13(8-17(3)7-12(2)19)16(22)14(6-11)9-18(4)10-15(20)21;1-9-4-5-13(18)12(14(9)19)8-15(6-10(2)16)7-11(3)17;1-8-3-4-10(13)9(5-8)6-12(2)7-11(14)15;1-5-2-3-6(8)7(9)4-5/h5-6,19,22H,2,7-10H2,1,3-4H3,(H,20,21);4-5,16,18-19H,2,6-8H2,1,3H3;3-5,13H,6-7H2,1-2H3,(H,14,15);2-4,8-9H,1H3. The number of carbonyl (C=O) groups excluding carboxylic acids is 1. The van der Waals surface area contributed by atoms with E-state index in [0.717, 1.165) is 27.8 Å². The number of aliphatic hydroxyl groups is 2. The third-order valence-corrected chi connectivity index (χ3v) is 9.06. The van der Waals surface area contributed by atoms with E-state index in [1.165, 1.54) is 25.1 Å². The van der Waals surface area contributed by atoms with E-state index < -0.39 is 11.9 Å². The number of likely N-dealkylation sites (N-methyl/N-ethyl adjacent to an activating group) is 3. The quantitative estimate of drug-likeness (QED) is 0.0393. The summed E-state index contributed by atoms with van der Waals surface area (Å²) in [6.07, 6.45) is 0. The lowest BCUT2D eigenvalue weighted by atomic mass is 10.0. The Labute approximate surface area is 380 Å². The lowest BCUT2D eigenvalue weighted by Crippen LogP contribution is -2.30. The summed E-state index contributed by atoms with van der Waals surface area (Å²) in [4.78, 5) is 39.0. The largest absolute Gasteiger partial charge is 0.512 e. The Morgan fingerprint density at radius 3 is 1.35 bits per heavy atom. The Balaban J connectivity index is 0.000000450. The first-order valence-corrected chi connectivity index (χ1v) is 20.2.